The number of aliphatic hydroxyl groups excluding tert-OH is 1. The van der Waals surface area contributed by atoms with Crippen LogP contribution in [0.5, 0.6) is 11.5 Å². The van der Waals surface area contributed by atoms with Crippen molar-refractivity contribution in [2.24, 2.45) is 0 Å². The molecule has 130 valence electrons. The molecule has 2 atom stereocenters. The Hall–Kier alpha value is -2.79. The minimum Gasteiger partial charge on any atom is -0.497 e. The fourth-order valence-electron chi connectivity index (χ4n) is 2.90. The van der Waals surface area contributed by atoms with Gasteiger partial charge in [0, 0.05) is 0 Å². The van der Waals surface area contributed by atoms with Gasteiger partial charge < -0.3 is 19.0 Å². The molecule has 0 amide bonds. The van der Waals surface area contributed by atoms with Gasteiger partial charge in [0.15, 0.2) is 6.39 Å². The lowest BCUT2D eigenvalue weighted by Crippen LogP contribution is -2.22. The maximum absolute atomic E-state index is 10.9. The first-order valence-electron chi connectivity index (χ1n) is 8.04. The summed E-state index contributed by atoms with van der Waals surface area (Å²) in [5.74, 6) is 1.28. The first kappa shape index (κ1) is 17.0. The molecule has 0 bridgehead atoms. The van der Waals surface area contributed by atoms with Gasteiger partial charge in [-0.05, 0) is 41.8 Å². The Morgan fingerprint density at radius 1 is 0.960 bits per heavy atom. The van der Waals surface area contributed by atoms with Gasteiger partial charge >= 0.3 is 0 Å². The van der Waals surface area contributed by atoms with Crippen LogP contribution in [-0.2, 0) is 6.42 Å². The van der Waals surface area contributed by atoms with Crippen molar-refractivity contribution in [2.45, 2.75) is 18.4 Å². The number of methoxy groups -OCH3 is 2. The quantitative estimate of drug-likeness (QED) is 0.714. The number of oxazole rings is 1. The molecule has 25 heavy (non-hydrogen) atoms. The normalized spacial score (nSPS) is 13.2. The van der Waals surface area contributed by atoms with Gasteiger partial charge in [-0.15, -0.1) is 0 Å². The molecule has 0 aliphatic carbocycles. The molecule has 0 fully saturated rings. The van der Waals surface area contributed by atoms with Gasteiger partial charge in [-0.25, -0.2) is 4.98 Å². The van der Waals surface area contributed by atoms with E-state index >= 15 is 0 Å². The average Bonchev–Trinajstić information content (AvgIpc) is 3.17. The van der Waals surface area contributed by atoms with Crippen molar-refractivity contribution in [3.63, 3.8) is 0 Å². The summed E-state index contributed by atoms with van der Waals surface area (Å²) in [6, 6.07) is 15.3. The van der Waals surface area contributed by atoms with Crippen molar-refractivity contribution < 1.29 is 19.0 Å². The fraction of sp³-hybridized carbons (Fsp3) is 0.250. The number of benzene rings is 2. The van der Waals surface area contributed by atoms with E-state index in [9.17, 15) is 5.11 Å². The third-order valence-electron chi connectivity index (χ3n) is 4.23. The van der Waals surface area contributed by atoms with Gasteiger partial charge in [-0.2, -0.15) is 0 Å². The minimum atomic E-state index is -0.646. The zero-order valence-electron chi connectivity index (χ0n) is 14.3. The molecule has 5 nitrogen and oxygen atoms in total. The van der Waals surface area contributed by atoms with Crippen LogP contribution in [0.15, 0.2) is 65.6 Å². The van der Waals surface area contributed by atoms with E-state index in [0.29, 0.717) is 12.1 Å². The number of hydrogen-bond donors (Lipinski definition) is 1. The van der Waals surface area contributed by atoms with Gasteiger partial charge in [-0.1, -0.05) is 24.3 Å². The summed E-state index contributed by atoms with van der Waals surface area (Å²) in [6.07, 6.45) is 2.80. The molecule has 0 spiro atoms. The van der Waals surface area contributed by atoms with Crippen LogP contribution in [0.25, 0.3) is 0 Å². The topological polar surface area (TPSA) is 64.7 Å². The molecule has 3 rings (SSSR count). The molecule has 5 heteroatoms. The van der Waals surface area contributed by atoms with E-state index in [-0.39, 0.29) is 5.92 Å². The summed E-state index contributed by atoms with van der Waals surface area (Å²) < 4.78 is 15.5. The number of hydrogen-bond acceptors (Lipinski definition) is 5. The third kappa shape index (κ3) is 4.00. The second-order valence-corrected chi connectivity index (χ2v) is 5.78. The van der Waals surface area contributed by atoms with Crippen LogP contribution < -0.4 is 9.47 Å². The van der Waals surface area contributed by atoms with Crippen molar-refractivity contribution in [1.82, 2.24) is 4.98 Å². The molecule has 1 aromatic heterocycles. The SMILES string of the molecule is COc1ccc(CC(O)C(c2ccc(OC)cc2)c2cocn2)cc1. The Labute approximate surface area is 146 Å². The van der Waals surface area contributed by atoms with E-state index in [2.05, 4.69) is 4.98 Å². The summed E-state index contributed by atoms with van der Waals surface area (Å²) in [7, 11) is 3.26. The lowest BCUT2D eigenvalue weighted by atomic mass is 9.87. The van der Waals surface area contributed by atoms with Crippen molar-refractivity contribution in [2.75, 3.05) is 14.2 Å². The smallest absolute Gasteiger partial charge is 0.180 e. The number of nitrogens with zero attached hydrogens (tertiary/aromatic N) is 1. The monoisotopic (exact) mass is 339 g/mol. The molecule has 1 N–H and O–H groups in total. The zero-order chi connectivity index (χ0) is 17.6. The Morgan fingerprint density at radius 3 is 2.08 bits per heavy atom. The molecule has 0 saturated carbocycles. The fourth-order valence-corrected chi connectivity index (χ4v) is 2.90. The summed E-state index contributed by atoms with van der Waals surface area (Å²) in [5, 5.41) is 10.9. The van der Waals surface area contributed by atoms with Crippen LogP contribution in [0.1, 0.15) is 22.7 Å². The highest BCUT2D eigenvalue weighted by Gasteiger charge is 2.26. The maximum Gasteiger partial charge on any atom is 0.180 e. The molecular weight excluding hydrogens is 318 g/mol. The summed E-state index contributed by atoms with van der Waals surface area (Å²) >= 11 is 0. The van der Waals surface area contributed by atoms with Gasteiger partial charge in [0.1, 0.15) is 17.8 Å². The standard InChI is InChI=1S/C20H21NO4/c1-23-16-7-3-14(4-8-16)11-19(22)20(18-12-25-13-21-18)15-5-9-17(24-2)10-6-15/h3-10,12-13,19-20,22H,11H2,1-2H3. The van der Waals surface area contributed by atoms with Crippen molar-refractivity contribution in [3.05, 3.63) is 78.0 Å². The highest BCUT2D eigenvalue weighted by atomic mass is 16.5. The zero-order valence-corrected chi connectivity index (χ0v) is 14.3. The Morgan fingerprint density at radius 2 is 1.56 bits per heavy atom. The van der Waals surface area contributed by atoms with E-state index < -0.39 is 6.10 Å². The summed E-state index contributed by atoms with van der Waals surface area (Å²) in [4.78, 5) is 4.25. The van der Waals surface area contributed by atoms with E-state index in [4.69, 9.17) is 13.9 Å². The summed E-state index contributed by atoms with van der Waals surface area (Å²) in [5.41, 5.74) is 2.68. The lowest BCUT2D eigenvalue weighted by Gasteiger charge is -2.22. The maximum atomic E-state index is 10.9. The van der Waals surface area contributed by atoms with Gasteiger partial charge in [0.2, 0.25) is 0 Å². The van der Waals surface area contributed by atoms with Gasteiger partial charge in [0.25, 0.3) is 0 Å². The van der Waals surface area contributed by atoms with E-state index in [1.165, 1.54) is 6.39 Å². The highest BCUT2D eigenvalue weighted by molar-refractivity contribution is 5.35. The van der Waals surface area contributed by atoms with Crippen LogP contribution in [0, 0.1) is 0 Å². The van der Waals surface area contributed by atoms with Gasteiger partial charge in [-0.3, -0.25) is 0 Å². The van der Waals surface area contributed by atoms with Crippen molar-refractivity contribution in [1.29, 1.82) is 0 Å². The van der Waals surface area contributed by atoms with Crippen LogP contribution in [-0.4, -0.2) is 30.4 Å². The third-order valence-corrected chi connectivity index (χ3v) is 4.23. The molecule has 2 aromatic carbocycles. The van der Waals surface area contributed by atoms with Crippen molar-refractivity contribution in [3.8, 4) is 11.5 Å². The number of rotatable bonds is 7. The Kier molecular flexibility index (Phi) is 5.36. The van der Waals surface area contributed by atoms with Gasteiger partial charge in [0.05, 0.1) is 31.9 Å². The second kappa shape index (κ2) is 7.85. The number of aliphatic hydroxyl groups is 1. The van der Waals surface area contributed by atoms with E-state index in [1.54, 1.807) is 20.5 Å². The van der Waals surface area contributed by atoms with Crippen LogP contribution in [0.2, 0.25) is 0 Å². The molecular formula is C20H21NO4. The largest absolute Gasteiger partial charge is 0.497 e. The minimum absolute atomic E-state index is 0.285. The molecule has 0 radical (unpaired) electrons. The van der Waals surface area contributed by atoms with Crippen LogP contribution in [0.3, 0.4) is 0 Å². The first-order chi connectivity index (χ1) is 12.2. The average molecular weight is 339 g/mol. The summed E-state index contributed by atoms with van der Waals surface area (Å²) in [6.45, 7) is 0. The Bertz CT molecular complexity index is 766. The molecule has 0 aliphatic rings. The highest BCUT2D eigenvalue weighted by Crippen LogP contribution is 2.30. The van der Waals surface area contributed by atoms with Crippen LogP contribution >= 0.6 is 0 Å². The second-order valence-electron chi connectivity index (χ2n) is 5.78. The molecule has 0 saturated heterocycles. The predicted octanol–water partition coefficient (Wildman–Crippen LogP) is 3.43. The number of aromatic nitrogens is 1. The van der Waals surface area contributed by atoms with Crippen LogP contribution in [0.4, 0.5) is 0 Å². The molecule has 3 aromatic rings. The molecule has 0 aliphatic heterocycles. The molecule has 2 unspecified atom stereocenters. The molecule has 1 heterocycles. The van der Waals surface area contributed by atoms with Crippen molar-refractivity contribution >= 4 is 0 Å². The number of ether oxygens (including phenoxy) is 2. The Balaban J connectivity index is 1.85. The predicted molar refractivity (Wildman–Crippen MR) is 94.0 cm³/mol. The van der Waals surface area contributed by atoms with E-state index in [1.807, 2.05) is 48.5 Å². The lowest BCUT2D eigenvalue weighted by molar-refractivity contribution is 0.155. The van der Waals surface area contributed by atoms with E-state index in [0.717, 1.165) is 22.6 Å². The first-order valence-corrected chi connectivity index (χ1v) is 8.04.